The molecule has 2 unspecified atom stereocenters. The van der Waals surface area contributed by atoms with Gasteiger partial charge in [0.15, 0.2) is 11.6 Å². The summed E-state index contributed by atoms with van der Waals surface area (Å²) in [6.07, 6.45) is 0.419. The Morgan fingerprint density at radius 1 is 1.55 bits per heavy atom. The Labute approximate surface area is 133 Å². The van der Waals surface area contributed by atoms with Crippen LogP contribution in [0.15, 0.2) is 18.2 Å². The predicted octanol–water partition coefficient (Wildman–Crippen LogP) is 1.94. The first-order chi connectivity index (χ1) is 10.5. The molecule has 2 rings (SSSR count). The molecular formula is C15H20F2N2O2S. The van der Waals surface area contributed by atoms with Gasteiger partial charge in [0.1, 0.15) is 12.4 Å². The Kier molecular flexibility index (Phi) is 6.45. The summed E-state index contributed by atoms with van der Waals surface area (Å²) < 4.78 is 31.5. The van der Waals surface area contributed by atoms with Crippen molar-refractivity contribution in [1.82, 2.24) is 10.6 Å². The molecule has 0 saturated carbocycles. The second-order valence-corrected chi connectivity index (χ2v) is 6.43. The first-order valence-corrected chi connectivity index (χ1v) is 8.38. The van der Waals surface area contributed by atoms with Gasteiger partial charge in [0.05, 0.1) is 6.04 Å². The Hall–Kier alpha value is -1.34. The maximum atomic E-state index is 13.4. The monoisotopic (exact) mass is 330 g/mol. The molecule has 1 fully saturated rings. The number of hydrogen-bond donors (Lipinski definition) is 2. The van der Waals surface area contributed by atoms with E-state index in [2.05, 4.69) is 10.6 Å². The lowest BCUT2D eigenvalue weighted by Gasteiger charge is -2.23. The largest absolute Gasteiger partial charge is 0.488 e. The van der Waals surface area contributed by atoms with Crippen molar-refractivity contribution in [3.05, 3.63) is 29.8 Å². The summed E-state index contributed by atoms with van der Waals surface area (Å²) in [6, 6.07) is 3.08. The number of nitrogens with one attached hydrogen (secondary N) is 2. The summed E-state index contributed by atoms with van der Waals surface area (Å²) in [7, 11) is 0. The number of halogens is 2. The van der Waals surface area contributed by atoms with Gasteiger partial charge in [-0.1, -0.05) is 0 Å². The summed E-state index contributed by atoms with van der Waals surface area (Å²) in [5.41, 5.74) is 0. The van der Waals surface area contributed by atoms with E-state index >= 15 is 0 Å². The molecule has 4 nitrogen and oxygen atoms in total. The molecule has 1 aliphatic rings. The lowest BCUT2D eigenvalue weighted by atomic mass is 10.2. The smallest absolute Gasteiger partial charge is 0.221 e. The Morgan fingerprint density at radius 2 is 2.36 bits per heavy atom. The van der Waals surface area contributed by atoms with E-state index in [1.54, 1.807) is 6.92 Å². The van der Waals surface area contributed by atoms with Crippen LogP contribution in [0.25, 0.3) is 0 Å². The van der Waals surface area contributed by atoms with Gasteiger partial charge in [0.25, 0.3) is 0 Å². The molecule has 1 aromatic rings. The van der Waals surface area contributed by atoms with E-state index in [-0.39, 0.29) is 30.3 Å². The number of ether oxygens (including phenoxy) is 1. The second kappa shape index (κ2) is 8.33. The van der Waals surface area contributed by atoms with Crippen molar-refractivity contribution in [1.29, 1.82) is 0 Å². The van der Waals surface area contributed by atoms with Gasteiger partial charge in [-0.15, -0.1) is 0 Å². The summed E-state index contributed by atoms with van der Waals surface area (Å²) >= 11 is 1.83. The fourth-order valence-corrected chi connectivity index (χ4v) is 3.11. The maximum absolute atomic E-state index is 13.4. The van der Waals surface area contributed by atoms with Crippen molar-refractivity contribution in [3.63, 3.8) is 0 Å². The third-order valence-electron chi connectivity index (χ3n) is 3.22. The van der Waals surface area contributed by atoms with Crippen molar-refractivity contribution in [2.24, 2.45) is 0 Å². The van der Waals surface area contributed by atoms with E-state index < -0.39 is 11.6 Å². The van der Waals surface area contributed by atoms with Gasteiger partial charge in [-0.25, -0.2) is 8.78 Å². The van der Waals surface area contributed by atoms with Gasteiger partial charge < -0.3 is 15.4 Å². The minimum atomic E-state index is -0.748. The van der Waals surface area contributed by atoms with Gasteiger partial charge in [0, 0.05) is 36.6 Å². The topological polar surface area (TPSA) is 50.4 Å². The highest BCUT2D eigenvalue weighted by molar-refractivity contribution is 7.99. The minimum Gasteiger partial charge on any atom is -0.488 e. The SMILES string of the molecule is CC(COc1ccc(F)cc1F)NC(=O)CC1CSCCN1. The molecule has 2 N–H and O–H groups in total. The first-order valence-electron chi connectivity index (χ1n) is 7.23. The quantitative estimate of drug-likeness (QED) is 0.837. The summed E-state index contributed by atoms with van der Waals surface area (Å²) in [5, 5.41) is 6.11. The number of carbonyl (C=O) groups excluding carboxylic acids is 1. The van der Waals surface area contributed by atoms with Crippen molar-refractivity contribution in [2.75, 3.05) is 24.7 Å². The van der Waals surface area contributed by atoms with Crippen LogP contribution in [-0.2, 0) is 4.79 Å². The zero-order valence-electron chi connectivity index (χ0n) is 12.4. The average molecular weight is 330 g/mol. The molecule has 122 valence electrons. The normalized spacial score (nSPS) is 19.5. The molecule has 1 saturated heterocycles. The van der Waals surface area contributed by atoms with E-state index in [1.807, 2.05) is 11.8 Å². The van der Waals surface area contributed by atoms with Crippen molar-refractivity contribution in [2.45, 2.75) is 25.4 Å². The first kappa shape index (κ1) is 17.0. The van der Waals surface area contributed by atoms with Crippen LogP contribution in [0, 0.1) is 11.6 Å². The molecular weight excluding hydrogens is 310 g/mol. The number of carbonyl (C=O) groups is 1. The molecule has 0 aromatic heterocycles. The fourth-order valence-electron chi connectivity index (χ4n) is 2.16. The number of benzene rings is 1. The third kappa shape index (κ3) is 5.46. The van der Waals surface area contributed by atoms with Crippen LogP contribution in [0.2, 0.25) is 0 Å². The average Bonchev–Trinajstić information content (AvgIpc) is 2.47. The molecule has 22 heavy (non-hydrogen) atoms. The number of amides is 1. The van der Waals surface area contributed by atoms with Gasteiger partial charge >= 0.3 is 0 Å². The molecule has 1 aliphatic heterocycles. The fraction of sp³-hybridized carbons (Fsp3) is 0.533. The van der Waals surface area contributed by atoms with Crippen LogP contribution < -0.4 is 15.4 Å². The zero-order chi connectivity index (χ0) is 15.9. The molecule has 0 aliphatic carbocycles. The van der Waals surface area contributed by atoms with Crippen molar-refractivity contribution < 1.29 is 18.3 Å². The molecule has 2 atom stereocenters. The predicted molar refractivity (Wildman–Crippen MR) is 83.2 cm³/mol. The highest BCUT2D eigenvalue weighted by Crippen LogP contribution is 2.17. The summed E-state index contributed by atoms with van der Waals surface area (Å²) in [4.78, 5) is 11.9. The summed E-state index contributed by atoms with van der Waals surface area (Å²) in [5.74, 6) is 0.527. The molecule has 0 radical (unpaired) electrons. The third-order valence-corrected chi connectivity index (χ3v) is 4.35. The Balaban J connectivity index is 1.72. The Bertz CT molecular complexity index is 510. The molecule has 0 bridgehead atoms. The van der Waals surface area contributed by atoms with Gasteiger partial charge in [0.2, 0.25) is 5.91 Å². The van der Waals surface area contributed by atoms with Crippen LogP contribution in [-0.4, -0.2) is 42.6 Å². The van der Waals surface area contributed by atoms with Crippen molar-refractivity contribution in [3.8, 4) is 5.75 Å². The highest BCUT2D eigenvalue weighted by atomic mass is 32.2. The van der Waals surface area contributed by atoms with Crippen LogP contribution in [0.4, 0.5) is 8.78 Å². The minimum absolute atomic E-state index is 0.0205. The number of hydrogen-bond acceptors (Lipinski definition) is 4. The molecule has 1 aromatic carbocycles. The lowest BCUT2D eigenvalue weighted by molar-refractivity contribution is -0.122. The molecule has 1 amide bonds. The van der Waals surface area contributed by atoms with Crippen molar-refractivity contribution >= 4 is 17.7 Å². The van der Waals surface area contributed by atoms with Crippen LogP contribution in [0.1, 0.15) is 13.3 Å². The van der Waals surface area contributed by atoms with E-state index in [9.17, 15) is 13.6 Å². The van der Waals surface area contributed by atoms with Gasteiger partial charge in [-0.3, -0.25) is 4.79 Å². The van der Waals surface area contributed by atoms with Crippen LogP contribution in [0.5, 0.6) is 5.75 Å². The highest BCUT2D eigenvalue weighted by Gasteiger charge is 2.18. The van der Waals surface area contributed by atoms with Gasteiger partial charge in [-0.05, 0) is 19.1 Å². The Morgan fingerprint density at radius 3 is 3.05 bits per heavy atom. The molecule has 1 heterocycles. The van der Waals surface area contributed by atoms with E-state index in [0.29, 0.717) is 6.42 Å². The van der Waals surface area contributed by atoms with E-state index in [4.69, 9.17) is 4.74 Å². The van der Waals surface area contributed by atoms with Crippen LogP contribution >= 0.6 is 11.8 Å². The number of thioether (sulfide) groups is 1. The zero-order valence-corrected chi connectivity index (χ0v) is 13.2. The molecule has 0 spiro atoms. The summed E-state index contributed by atoms with van der Waals surface area (Å²) in [6.45, 7) is 2.83. The standard InChI is InChI=1S/C15H20F2N2O2S/c1-10(8-21-14-3-2-11(16)6-13(14)17)19-15(20)7-12-9-22-5-4-18-12/h2-3,6,10,12,18H,4-5,7-9H2,1H3,(H,19,20). The van der Waals surface area contributed by atoms with E-state index in [0.717, 1.165) is 30.2 Å². The lowest BCUT2D eigenvalue weighted by Crippen LogP contribution is -2.44. The maximum Gasteiger partial charge on any atom is 0.221 e. The molecule has 7 heteroatoms. The van der Waals surface area contributed by atoms with E-state index in [1.165, 1.54) is 6.07 Å². The van der Waals surface area contributed by atoms with Crippen LogP contribution in [0.3, 0.4) is 0 Å². The number of rotatable bonds is 6. The van der Waals surface area contributed by atoms with Gasteiger partial charge in [-0.2, -0.15) is 11.8 Å². The second-order valence-electron chi connectivity index (χ2n) is 5.28.